The van der Waals surface area contributed by atoms with Crippen molar-refractivity contribution in [2.45, 2.75) is 0 Å². The summed E-state index contributed by atoms with van der Waals surface area (Å²) in [5.41, 5.74) is 0. The minimum atomic E-state index is -0.445. The Morgan fingerprint density at radius 1 is 1.27 bits per heavy atom. The standard InChI is InChI=1S/C8H14N2O4S/c1-13-4-6(11)9-8(15-3)10-7(12)5-14-2/h4-5H2,1-3H3,(H,9,10,11,12). The molecule has 0 aromatic rings. The highest BCUT2D eigenvalue weighted by Gasteiger charge is 2.06. The summed E-state index contributed by atoms with van der Waals surface area (Å²) in [4.78, 5) is 25.8. The third-order valence-electron chi connectivity index (χ3n) is 1.21. The summed E-state index contributed by atoms with van der Waals surface area (Å²) >= 11 is 1.16. The summed E-state index contributed by atoms with van der Waals surface area (Å²) in [6.07, 6.45) is 1.70. The molecule has 0 spiro atoms. The van der Waals surface area contributed by atoms with Crippen LogP contribution in [-0.4, -0.2) is 50.7 Å². The topological polar surface area (TPSA) is 77.0 Å². The molecule has 86 valence electrons. The predicted molar refractivity (Wildman–Crippen MR) is 57.9 cm³/mol. The number of hydrogen-bond donors (Lipinski definition) is 1. The molecule has 0 saturated carbocycles. The number of nitrogens with one attached hydrogen (secondary N) is 1. The molecule has 0 unspecified atom stereocenters. The fourth-order valence-corrected chi connectivity index (χ4v) is 1.09. The lowest BCUT2D eigenvalue weighted by atomic mass is 10.6. The van der Waals surface area contributed by atoms with Gasteiger partial charge in [0.25, 0.3) is 11.8 Å². The van der Waals surface area contributed by atoms with Crippen LogP contribution in [0.4, 0.5) is 0 Å². The molecule has 0 aliphatic carbocycles. The Morgan fingerprint density at radius 2 is 1.87 bits per heavy atom. The van der Waals surface area contributed by atoms with E-state index in [4.69, 9.17) is 0 Å². The summed E-state index contributed by atoms with van der Waals surface area (Å²) in [6, 6.07) is 0. The van der Waals surface area contributed by atoms with Gasteiger partial charge in [-0.2, -0.15) is 4.99 Å². The lowest BCUT2D eigenvalue weighted by molar-refractivity contribution is -0.123. The van der Waals surface area contributed by atoms with Gasteiger partial charge in [0.2, 0.25) is 0 Å². The van der Waals surface area contributed by atoms with Crippen molar-refractivity contribution in [3.63, 3.8) is 0 Å². The van der Waals surface area contributed by atoms with E-state index in [2.05, 4.69) is 19.8 Å². The number of carbonyl (C=O) groups excluding carboxylic acids is 2. The number of amidine groups is 1. The largest absolute Gasteiger partial charge is 0.375 e. The van der Waals surface area contributed by atoms with Gasteiger partial charge in [-0.25, -0.2) is 0 Å². The third-order valence-corrected chi connectivity index (χ3v) is 1.79. The number of thioether (sulfide) groups is 1. The van der Waals surface area contributed by atoms with Crippen molar-refractivity contribution in [3.05, 3.63) is 0 Å². The zero-order valence-corrected chi connectivity index (χ0v) is 9.72. The predicted octanol–water partition coefficient (Wildman–Crippen LogP) is -0.359. The van der Waals surface area contributed by atoms with Crippen LogP contribution in [0.15, 0.2) is 4.99 Å². The van der Waals surface area contributed by atoms with Gasteiger partial charge in [-0.15, -0.1) is 0 Å². The van der Waals surface area contributed by atoms with E-state index in [1.54, 1.807) is 6.26 Å². The van der Waals surface area contributed by atoms with Crippen LogP contribution in [0.3, 0.4) is 0 Å². The van der Waals surface area contributed by atoms with Crippen molar-refractivity contribution in [1.82, 2.24) is 5.32 Å². The molecule has 0 heterocycles. The Morgan fingerprint density at radius 3 is 2.33 bits per heavy atom. The molecular weight excluding hydrogens is 220 g/mol. The Labute approximate surface area is 92.4 Å². The van der Waals surface area contributed by atoms with E-state index in [-0.39, 0.29) is 24.3 Å². The molecule has 0 atom stereocenters. The average molecular weight is 234 g/mol. The van der Waals surface area contributed by atoms with Gasteiger partial charge < -0.3 is 14.8 Å². The molecule has 0 fully saturated rings. The minimum Gasteiger partial charge on any atom is -0.375 e. The summed E-state index contributed by atoms with van der Waals surface area (Å²) in [5, 5.41) is 2.66. The normalized spacial score (nSPS) is 11.3. The molecule has 1 N–H and O–H groups in total. The van der Waals surface area contributed by atoms with E-state index in [1.165, 1.54) is 14.2 Å². The molecule has 6 nitrogen and oxygen atoms in total. The molecule has 0 saturated heterocycles. The highest BCUT2D eigenvalue weighted by molar-refractivity contribution is 8.13. The molecule has 0 aliphatic heterocycles. The van der Waals surface area contributed by atoms with E-state index < -0.39 is 5.91 Å². The van der Waals surface area contributed by atoms with Crippen LogP contribution >= 0.6 is 11.8 Å². The summed E-state index contributed by atoms with van der Waals surface area (Å²) in [6.45, 7) is -0.178. The van der Waals surface area contributed by atoms with E-state index >= 15 is 0 Å². The molecule has 2 amide bonds. The number of nitrogens with zero attached hydrogens (tertiary/aromatic N) is 1. The maximum absolute atomic E-state index is 11.1. The van der Waals surface area contributed by atoms with Gasteiger partial charge in [0, 0.05) is 14.2 Å². The quantitative estimate of drug-likeness (QED) is 0.531. The second-order valence-electron chi connectivity index (χ2n) is 2.43. The fraction of sp³-hybridized carbons (Fsp3) is 0.625. The first-order chi connectivity index (χ1) is 7.13. The van der Waals surface area contributed by atoms with Crippen molar-refractivity contribution in [2.75, 3.05) is 33.7 Å². The van der Waals surface area contributed by atoms with Crippen molar-refractivity contribution in [3.8, 4) is 0 Å². The summed E-state index contributed by atoms with van der Waals surface area (Å²) in [7, 11) is 2.81. The fourth-order valence-electron chi connectivity index (χ4n) is 0.680. The molecule has 0 bridgehead atoms. The van der Waals surface area contributed by atoms with Gasteiger partial charge in [-0.1, -0.05) is 11.8 Å². The number of carbonyl (C=O) groups is 2. The SMILES string of the molecule is COCC(=O)N=C(NC(=O)COC)SC. The molecule has 15 heavy (non-hydrogen) atoms. The number of ether oxygens (including phenoxy) is 2. The maximum Gasteiger partial charge on any atom is 0.274 e. The van der Waals surface area contributed by atoms with Crippen LogP contribution in [-0.2, 0) is 19.1 Å². The molecule has 0 radical (unpaired) electrons. The van der Waals surface area contributed by atoms with Crippen molar-refractivity contribution in [2.24, 2.45) is 4.99 Å². The minimum absolute atomic E-state index is 0.0714. The summed E-state index contributed by atoms with van der Waals surface area (Å²) < 4.78 is 9.21. The molecule has 7 heteroatoms. The van der Waals surface area contributed by atoms with Crippen LogP contribution < -0.4 is 5.32 Å². The van der Waals surface area contributed by atoms with Crippen LogP contribution in [0.1, 0.15) is 0 Å². The Bertz CT molecular complexity index is 255. The molecule has 0 aromatic heterocycles. The zero-order chi connectivity index (χ0) is 11.7. The van der Waals surface area contributed by atoms with Gasteiger partial charge in [0.05, 0.1) is 0 Å². The summed E-state index contributed by atoms with van der Waals surface area (Å²) in [5.74, 6) is -0.796. The number of hydrogen-bond acceptors (Lipinski definition) is 5. The first kappa shape index (κ1) is 14.1. The smallest absolute Gasteiger partial charge is 0.274 e. The zero-order valence-electron chi connectivity index (χ0n) is 8.90. The molecule has 0 aromatic carbocycles. The first-order valence-corrected chi connectivity index (χ1v) is 5.29. The van der Waals surface area contributed by atoms with Gasteiger partial charge in [-0.05, 0) is 6.26 Å². The number of rotatable bonds is 4. The second-order valence-corrected chi connectivity index (χ2v) is 3.22. The number of methoxy groups -OCH3 is 2. The highest BCUT2D eigenvalue weighted by atomic mass is 32.2. The maximum atomic E-state index is 11.1. The van der Waals surface area contributed by atoms with Gasteiger partial charge in [0.1, 0.15) is 13.2 Å². The first-order valence-electron chi connectivity index (χ1n) is 4.07. The monoisotopic (exact) mass is 234 g/mol. The lowest BCUT2D eigenvalue weighted by Crippen LogP contribution is -2.32. The van der Waals surface area contributed by atoms with E-state index in [0.29, 0.717) is 0 Å². The van der Waals surface area contributed by atoms with E-state index in [1.807, 2.05) is 0 Å². The van der Waals surface area contributed by atoms with E-state index in [9.17, 15) is 9.59 Å². The van der Waals surface area contributed by atoms with Crippen molar-refractivity contribution < 1.29 is 19.1 Å². The van der Waals surface area contributed by atoms with Crippen molar-refractivity contribution in [1.29, 1.82) is 0 Å². The number of amides is 2. The molecule has 0 aliphatic rings. The second kappa shape index (κ2) is 8.39. The molecular formula is C8H14N2O4S. The van der Waals surface area contributed by atoms with Crippen LogP contribution in [0.25, 0.3) is 0 Å². The number of aliphatic imine (C=N–C) groups is 1. The Balaban J connectivity index is 4.22. The highest BCUT2D eigenvalue weighted by Crippen LogP contribution is 1.95. The average Bonchev–Trinajstić information content (AvgIpc) is 2.17. The van der Waals surface area contributed by atoms with Gasteiger partial charge in [-0.3, -0.25) is 9.59 Å². The third kappa shape index (κ3) is 7.06. The molecule has 0 rings (SSSR count). The lowest BCUT2D eigenvalue weighted by Gasteiger charge is -2.04. The van der Waals surface area contributed by atoms with E-state index in [0.717, 1.165) is 11.8 Å². The van der Waals surface area contributed by atoms with Crippen LogP contribution in [0.5, 0.6) is 0 Å². The van der Waals surface area contributed by atoms with Gasteiger partial charge in [0.15, 0.2) is 5.17 Å². The van der Waals surface area contributed by atoms with Gasteiger partial charge >= 0.3 is 0 Å². The van der Waals surface area contributed by atoms with Crippen molar-refractivity contribution >= 4 is 28.7 Å². The Kier molecular flexibility index (Phi) is 7.88. The van der Waals surface area contributed by atoms with Crippen LogP contribution in [0.2, 0.25) is 0 Å². The van der Waals surface area contributed by atoms with Crippen LogP contribution in [0, 0.1) is 0 Å². The Hall–Kier alpha value is -0.920.